The summed E-state index contributed by atoms with van der Waals surface area (Å²) in [4.78, 5) is 9.46. The Bertz CT molecular complexity index is 732. The van der Waals surface area contributed by atoms with Crippen LogP contribution in [0.3, 0.4) is 0 Å². The third-order valence-corrected chi connectivity index (χ3v) is 6.35. The van der Waals surface area contributed by atoms with E-state index >= 15 is 0 Å². The number of H-pyrrole nitrogens is 1. The summed E-state index contributed by atoms with van der Waals surface area (Å²) in [5.41, 5.74) is 4.45. The van der Waals surface area contributed by atoms with E-state index in [-0.39, 0.29) is 0 Å². The van der Waals surface area contributed by atoms with Gasteiger partial charge in [-0.25, -0.2) is 0 Å². The minimum absolute atomic E-state index is 0.582. The molecule has 4 heterocycles. The lowest BCUT2D eigenvalue weighted by atomic mass is 9.90. The summed E-state index contributed by atoms with van der Waals surface area (Å²) in [6.07, 6.45) is 5.95. The molecule has 2 fully saturated rings. The number of fused-ring (bicyclic) bond motifs is 7. The predicted molar refractivity (Wildman–Crippen MR) is 94.4 cm³/mol. The lowest BCUT2D eigenvalue weighted by Gasteiger charge is -2.37. The van der Waals surface area contributed by atoms with Crippen molar-refractivity contribution < 1.29 is 0 Å². The van der Waals surface area contributed by atoms with E-state index in [0.29, 0.717) is 24.2 Å². The molecule has 3 aliphatic rings. The van der Waals surface area contributed by atoms with E-state index < -0.39 is 0 Å². The molecular formula is C20H27N3. The van der Waals surface area contributed by atoms with Gasteiger partial charge in [-0.3, -0.25) is 9.80 Å². The second-order valence-electron chi connectivity index (χ2n) is 7.95. The van der Waals surface area contributed by atoms with E-state index in [9.17, 15) is 0 Å². The molecule has 0 bridgehead atoms. The first-order chi connectivity index (χ1) is 11.3. The van der Waals surface area contributed by atoms with Gasteiger partial charge in [-0.15, -0.1) is 0 Å². The standard InChI is InChI=1S/C20H27N3/c1-13(2)20-22-11-6-5-9-17(22)19-18-15(10-12-23(19)20)14-7-3-4-8-16(14)21-18/h3-4,7-8,13,17,19-21H,5-6,9-12H2,1-2H3/t17-,19?,20?/m1/s1. The van der Waals surface area contributed by atoms with Gasteiger partial charge in [0, 0.05) is 35.7 Å². The Balaban J connectivity index is 1.66. The van der Waals surface area contributed by atoms with Crippen LogP contribution in [0.4, 0.5) is 0 Å². The number of nitrogens with one attached hydrogen (secondary N) is 1. The molecule has 122 valence electrons. The molecule has 2 saturated heterocycles. The van der Waals surface area contributed by atoms with Gasteiger partial charge in [-0.1, -0.05) is 38.5 Å². The first kappa shape index (κ1) is 14.1. The van der Waals surface area contributed by atoms with E-state index in [2.05, 4.69) is 52.9 Å². The van der Waals surface area contributed by atoms with Crippen LogP contribution in [0.15, 0.2) is 24.3 Å². The molecule has 1 aromatic heterocycles. The topological polar surface area (TPSA) is 22.3 Å². The van der Waals surface area contributed by atoms with Crippen LogP contribution < -0.4 is 0 Å². The van der Waals surface area contributed by atoms with Crippen LogP contribution >= 0.6 is 0 Å². The van der Waals surface area contributed by atoms with Crippen LogP contribution in [0.1, 0.15) is 50.4 Å². The smallest absolute Gasteiger partial charge is 0.0672 e. The Hall–Kier alpha value is -1.32. The van der Waals surface area contributed by atoms with Gasteiger partial charge >= 0.3 is 0 Å². The van der Waals surface area contributed by atoms with Crippen LogP contribution in [-0.4, -0.2) is 40.1 Å². The molecule has 3 heteroatoms. The monoisotopic (exact) mass is 309 g/mol. The number of nitrogens with zero attached hydrogens (tertiary/aromatic N) is 2. The second-order valence-corrected chi connectivity index (χ2v) is 7.95. The van der Waals surface area contributed by atoms with Crippen molar-refractivity contribution in [3.63, 3.8) is 0 Å². The van der Waals surface area contributed by atoms with Crippen LogP contribution in [0.25, 0.3) is 10.9 Å². The zero-order chi connectivity index (χ0) is 15.6. The molecule has 23 heavy (non-hydrogen) atoms. The molecule has 0 spiro atoms. The van der Waals surface area contributed by atoms with Gasteiger partial charge in [0.1, 0.15) is 0 Å². The van der Waals surface area contributed by atoms with Crippen LogP contribution in [-0.2, 0) is 6.42 Å². The molecule has 0 radical (unpaired) electrons. The molecule has 0 aliphatic carbocycles. The Labute approximate surface area is 138 Å². The maximum absolute atomic E-state index is 3.81. The van der Waals surface area contributed by atoms with E-state index in [1.807, 2.05) is 0 Å². The Kier molecular flexibility index (Phi) is 3.11. The van der Waals surface area contributed by atoms with Gasteiger partial charge in [0.15, 0.2) is 0 Å². The number of para-hydroxylation sites is 1. The van der Waals surface area contributed by atoms with Gasteiger partial charge in [-0.05, 0) is 36.8 Å². The average molecular weight is 309 g/mol. The molecule has 3 aliphatic heterocycles. The number of hydrogen-bond donors (Lipinski definition) is 1. The predicted octanol–water partition coefficient (Wildman–Crippen LogP) is 3.92. The highest BCUT2D eigenvalue weighted by molar-refractivity contribution is 5.85. The normalized spacial score (nSPS) is 31.3. The fourth-order valence-corrected chi connectivity index (χ4v) is 5.60. The summed E-state index contributed by atoms with van der Waals surface area (Å²) in [5, 5.41) is 1.46. The Morgan fingerprint density at radius 2 is 1.96 bits per heavy atom. The van der Waals surface area contributed by atoms with Crippen molar-refractivity contribution in [3.8, 4) is 0 Å². The largest absolute Gasteiger partial charge is 0.357 e. The second kappa shape index (κ2) is 5.09. The zero-order valence-corrected chi connectivity index (χ0v) is 14.3. The van der Waals surface area contributed by atoms with Crippen molar-refractivity contribution in [2.45, 2.75) is 57.8 Å². The summed E-state index contributed by atoms with van der Waals surface area (Å²) in [6, 6.07) is 10.2. The molecule has 3 nitrogen and oxygen atoms in total. The SMILES string of the molecule is CC(C)C1N2CCc3c([nH]c4ccccc34)C2[C@H]2CCCCN12. The fraction of sp³-hybridized carbons (Fsp3) is 0.600. The zero-order valence-electron chi connectivity index (χ0n) is 14.3. The maximum Gasteiger partial charge on any atom is 0.0672 e. The Morgan fingerprint density at radius 1 is 1.09 bits per heavy atom. The van der Waals surface area contributed by atoms with E-state index in [1.54, 1.807) is 5.56 Å². The molecule has 0 amide bonds. The van der Waals surface area contributed by atoms with Gasteiger partial charge in [0.25, 0.3) is 0 Å². The highest BCUT2D eigenvalue weighted by Gasteiger charge is 2.51. The Morgan fingerprint density at radius 3 is 2.83 bits per heavy atom. The van der Waals surface area contributed by atoms with Crippen molar-refractivity contribution >= 4 is 10.9 Å². The summed E-state index contributed by atoms with van der Waals surface area (Å²) >= 11 is 0. The summed E-state index contributed by atoms with van der Waals surface area (Å²) < 4.78 is 0. The van der Waals surface area contributed by atoms with Crippen LogP contribution in [0, 0.1) is 5.92 Å². The van der Waals surface area contributed by atoms with Gasteiger partial charge in [-0.2, -0.15) is 0 Å². The maximum atomic E-state index is 3.81. The lowest BCUT2D eigenvalue weighted by molar-refractivity contribution is 0.0608. The molecule has 1 aromatic carbocycles. The molecule has 2 unspecified atom stereocenters. The van der Waals surface area contributed by atoms with Crippen molar-refractivity contribution in [1.29, 1.82) is 0 Å². The quantitative estimate of drug-likeness (QED) is 0.862. The highest BCUT2D eigenvalue weighted by Crippen LogP contribution is 2.48. The van der Waals surface area contributed by atoms with E-state index in [1.165, 1.54) is 55.4 Å². The third-order valence-electron chi connectivity index (χ3n) is 6.35. The van der Waals surface area contributed by atoms with Crippen LogP contribution in [0.2, 0.25) is 0 Å². The van der Waals surface area contributed by atoms with Crippen molar-refractivity contribution in [2.24, 2.45) is 5.92 Å². The van der Waals surface area contributed by atoms with Crippen molar-refractivity contribution in [1.82, 2.24) is 14.8 Å². The number of rotatable bonds is 1. The fourth-order valence-electron chi connectivity index (χ4n) is 5.60. The molecule has 3 atom stereocenters. The van der Waals surface area contributed by atoms with Gasteiger partial charge in [0.2, 0.25) is 0 Å². The van der Waals surface area contributed by atoms with Gasteiger partial charge < -0.3 is 4.98 Å². The molecule has 0 saturated carbocycles. The number of benzene rings is 1. The molecule has 1 N–H and O–H groups in total. The first-order valence-corrected chi connectivity index (χ1v) is 9.36. The van der Waals surface area contributed by atoms with E-state index in [0.717, 1.165) is 0 Å². The number of aromatic nitrogens is 1. The minimum Gasteiger partial charge on any atom is -0.357 e. The van der Waals surface area contributed by atoms with Crippen molar-refractivity contribution in [3.05, 3.63) is 35.5 Å². The minimum atomic E-state index is 0.582. The summed E-state index contributed by atoms with van der Waals surface area (Å²) in [7, 11) is 0. The van der Waals surface area contributed by atoms with Gasteiger partial charge in [0.05, 0.1) is 12.2 Å². The molecule has 5 rings (SSSR count). The number of piperidine rings is 1. The summed E-state index contributed by atoms with van der Waals surface area (Å²) in [5.74, 6) is 0.700. The number of aromatic amines is 1. The third kappa shape index (κ3) is 1.90. The van der Waals surface area contributed by atoms with E-state index in [4.69, 9.17) is 0 Å². The number of hydrogen-bond acceptors (Lipinski definition) is 2. The lowest BCUT2D eigenvalue weighted by Crippen LogP contribution is -2.46. The van der Waals surface area contributed by atoms with Crippen LogP contribution in [0.5, 0.6) is 0 Å². The first-order valence-electron chi connectivity index (χ1n) is 9.36. The summed E-state index contributed by atoms with van der Waals surface area (Å²) in [6.45, 7) is 7.31. The molecular weight excluding hydrogens is 282 g/mol. The van der Waals surface area contributed by atoms with Crippen molar-refractivity contribution in [2.75, 3.05) is 13.1 Å². The highest BCUT2D eigenvalue weighted by atomic mass is 15.5. The average Bonchev–Trinajstić information content (AvgIpc) is 3.10. The molecule has 2 aromatic rings.